The van der Waals surface area contributed by atoms with E-state index in [0.717, 1.165) is 13.1 Å². The molecule has 5 nitrogen and oxygen atoms in total. The van der Waals surface area contributed by atoms with Crippen LogP contribution in [0.1, 0.15) is 32.3 Å². The van der Waals surface area contributed by atoms with Crippen molar-refractivity contribution in [2.24, 2.45) is 11.8 Å². The molecule has 0 bridgehead atoms. The second-order valence-electron chi connectivity index (χ2n) is 6.68. The van der Waals surface area contributed by atoms with Crippen LogP contribution in [0.4, 0.5) is 0 Å². The fourth-order valence-corrected chi connectivity index (χ4v) is 3.40. The molecule has 5 heteroatoms. The summed E-state index contributed by atoms with van der Waals surface area (Å²) in [6, 6.07) is 10.3. The first-order valence-corrected chi connectivity index (χ1v) is 9.28. The van der Waals surface area contributed by atoms with Crippen LogP contribution in [0.2, 0.25) is 0 Å². The predicted octanol–water partition coefficient (Wildman–Crippen LogP) is 3.20. The lowest BCUT2D eigenvalue weighted by molar-refractivity contribution is -0.160. The molecule has 1 aromatic rings. The quantitative estimate of drug-likeness (QED) is 0.527. The van der Waals surface area contributed by atoms with E-state index < -0.39 is 11.8 Å². The molecule has 0 saturated heterocycles. The fourth-order valence-electron chi connectivity index (χ4n) is 3.40. The number of likely N-dealkylation sites (N-methyl/N-ethyl adjacent to an activating group) is 1. The summed E-state index contributed by atoms with van der Waals surface area (Å²) in [4.78, 5) is 26.8. The first kappa shape index (κ1) is 20.2. The first-order valence-electron chi connectivity index (χ1n) is 9.28. The molecule has 0 spiro atoms. The van der Waals surface area contributed by atoms with Gasteiger partial charge in [0.15, 0.2) is 0 Å². The highest BCUT2D eigenvalue weighted by Gasteiger charge is 2.38. The largest absolute Gasteiger partial charge is 0.466 e. The van der Waals surface area contributed by atoms with Gasteiger partial charge in [0.05, 0.1) is 25.0 Å². The average Bonchev–Trinajstić information content (AvgIpc) is 2.62. The molecule has 0 aliphatic heterocycles. The summed E-state index contributed by atoms with van der Waals surface area (Å²) < 4.78 is 10.4. The molecule has 2 rings (SSSR count). The summed E-state index contributed by atoms with van der Waals surface area (Å²) in [7, 11) is 2.06. The number of hydrogen-bond donors (Lipinski definition) is 0. The first-order chi connectivity index (χ1) is 12.5. The van der Waals surface area contributed by atoms with Crippen molar-refractivity contribution in [3.63, 3.8) is 0 Å². The van der Waals surface area contributed by atoms with Crippen LogP contribution >= 0.6 is 0 Å². The van der Waals surface area contributed by atoms with Crippen LogP contribution in [0, 0.1) is 11.8 Å². The normalized spacial score (nSPS) is 19.8. The van der Waals surface area contributed by atoms with E-state index in [1.807, 2.05) is 18.2 Å². The van der Waals surface area contributed by atoms with Crippen LogP contribution in [0.5, 0.6) is 0 Å². The van der Waals surface area contributed by atoms with Gasteiger partial charge in [-0.2, -0.15) is 0 Å². The van der Waals surface area contributed by atoms with Gasteiger partial charge in [0.1, 0.15) is 0 Å². The number of ether oxygens (including phenoxy) is 2. The fraction of sp³-hybridized carbons (Fsp3) is 0.524. The number of esters is 2. The van der Waals surface area contributed by atoms with Gasteiger partial charge in [0, 0.05) is 13.1 Å². The summed E-state index contributed by atoms with van der Waals surface area (Å²) in [6.45, 7) is 5.80. The molecule has 0 aromatic heterocycles. The van der Waals surface area contributed by atoms with Crippen molar-refractivity contribution in [1.82, 2.24) is 4.90 Å². The number of hydrogen-bond acceptors (Lipinski definition) is 5. The number of carbonyl (C=O) groups excluding carboxylic acids is 2. The SMILES string of the molecule is CCOC(=O)[C@H]1CC=C(CN(C)Cc2ccccc2)C[C@@H]1C(=O)OCC. The summed E-state index contributed by atoms with van der Waals surface area (Å²) in [5, 5.41) is 0. The molecule has 1 aliphatic carbocycles. The van der Waals surface area contributed by atoms with Crippen LogP contribution in [0.25, 0.3) is 0 Å². The molecule has 1 aliphatic rings. The molecule has 142 valence electrons. The van der Waals surface area contributed by atoms with E-state index in [2.05, 4.69) is 30.2 Å². The Morgan fingerprint density at radius 2 is 1.62 bits per heavy atom. The summed E-state index contributed by atoms with van der Waals surface area (Å²) >= 11 is 0. The Balaban J connectivity index is 2.03. The molecule has 0 saturated carbocycles. The second kappa shape index (κ2) is 10.1. The molecular formula is C21H29NO4. The number of rotatable bonds is 8. The minimum absolute atomic E-state index is 0.304. The Labute approximate surface area is 156 Å². The van der Waals surface area contributed by atoms with E-state index in [9.17, 15) is 9.59 Å². The molecule has 0 unspecified atom stereocenters. The van der Waals surface area contributed by atoms with Gasteiger partial charge < -0.3 is 9.47 Å². The number of benzene rings is 1. The molecule has 0 amide bonds. The van der Waals surface area contributed by atoms with E-state index in [4.69, 9.17) is 9.47 Å². The molecule has 0 heterocycles. The molecule has 0 radical (unpaired) electrons. The van der Waals surface area contributed by atoms with Crippen molar-refractivity contribution in [2.45, 2.75) is 33.2 Å². The maximum absolute atomic E-state index is 12.4. The number of carbonyl (C=O) groups is 2. The van der Waals surface area contributed by atoms with Crippen molar-refractivity contribution in [1.29, 1.82) is 0 Å². The van der Waals surface area contributed by atoms with Gasteiger partial charge in [0.25, 0.3) is 0 Å². The third kappa shape index (κ3) is 5.70. The Kier molecular flexibility index (Phi) is 7.85. The third-order valence-electron chi connectivity index (χ3n) is 4.58. The van der Waals surface area contributed by atoms with Gasteiger partial charge in [0.2, 0.25) is 0 Å². The van der Waals surface area contributed by atoms with Crippen LogP contribution in [0.15, 0.2) is 42.0 Å². The van der Waals surface area contributed by atoms with Gasteiger partial charge in [-0.05, 0) is 39.3 Å². The summed E-state index contributed by atoms with van der Waals surface area (Å²) in [5.41, 5.74) is 2.42. The average molecular weight is 359 g/mol. The molecular weight excluding hydrogens is 330 g/mol. The monoisotopic (exact) mass is 359 g/mol. The van der Waals surface area contributed by atoms with Crippen LogP contribution in [0.3, 0.4) is 0 Å². The van der Waals surface area contributed by atoms with Gasteiger partial charge >= 0.3 is 11.9 Å². The molecule has 1 aromatic carbocycles. The van der Waals surface area contributed by atoms with Crippen molar-refractivity contribution >= 4 is 11.9 Å². The highest BCUT2D eigenvalue weighted by molar-refractivity contribution is 5.83. The predicted molar refractivity (Wildman–Crippen MR) is 100 cm³/mol. The minimum atomic E-state index is -0.459. The Bertz CT molecular complexity index is 626. The standard InChI is InChI=1S/C21H29NO4/c1-4-25-20(23)18-12-11-17(13-19(18)21(24)26-5-2)15-22(3)14-16-9-7-6-8-10-16/h6-11,18-19H,4-5,12-15H2,1-3H3/t18-,19-/m0/s1. The second-order valence-corrected chi connectivity index (χ2v) is 6.68. The van der Waals surface area contributed by atoms with Crippen molar-refractivity contribution < 1.29 is 19.1 Å². The number of allylic oxidation sites excluding steroid dienone is 1. The Morgan fingerprint density at radius 1 is 1.00 bits per heavy atom. The Morgan fingerprint density at radius 3 is 2.23 bits per heavy atom. The highest BCUT2D eigenvalue weighted by Crippen LogP contribution is 2.32. The lowest BCUT2D eigenvalue weighted by Crippen LogP contribution is -2.36. The van der Waals surface area contributed by atoms with Gasteiger partial charge in [-0.1, -0.05) is 42.0 Å². The highest BCUT2D eigenvalue weighted by atomic mass is 16.5. The van der Waals surface area contributed by atoms with E-state index in [1.165, 1.54) is 11.1 Å². The number of nitrogens with zero attached hydrogens (tertiary/aromatic N) is 1. The van der Waals surface area contributed by atoms with E-state index in [0.29, 0.717) is 26.1 Å². The van der Waals surface area contributed by atoms with E-state index >= 15 is 0 Å². The zero-order chi connectivity index (χ0) is 18.9. The van der Waals surface area contributed by atoms with Crippen molar-refractivity contribution in [2.75, 3.05) is 26.8 Å². The molecule has 2 atom stereocenters. The summed E-state index contributed by atoms with van der Waals surface area (Å²) in [5.74, 6) is -1.52. The maximum Gasteiger partial charge on any atom is 0.310 e. The molecule has 26 heavy (non-hydrogen) atoms. The zero-order valence-corrected chi connectivity index (χ0v) is 15.9. The van der Waals surface area contributed by atoms with Gasteiger partial charge in [-0.25, -0.2) is 0 Å². The molecule has 0 fully saturated rings. The van der Waals surface area contributed by atoms with Crippen LogP contribution in [-0.2, 0) is 25.6 Å². The smallest absolute Gasteiger partial charge is 0.310 e. The lowest BCUT2D eigenvalue weighted by Gasteiger charge is -2.30. The summed E-state index contributed by atoms with van der Waals surface area (Å²) in [6.07, 6.45) is 3.15. The topological polar surface area (TPSA) is 55.8 Å². The van der Waals surface area contributed by atoms with Gasteiger partial charge in [-0.3, -0.25) is 14.5 Å². The minimum Gasteiger partial charge on any atom is -0.466 e. The maximum atomic E-state index is 12.4. The van der Waals surface area contributed by atoms with Crippen LogP contribution in [-0.4, -0.2) is 43.6 Å². The van der Waals surface area contributed by atoms with Crippen molar-refractivity contribution in [3.8, 4) is 0 Å². The van der Waals surface area contributed by atoms with Crippen LogP contribution < -0.4 is 0 Å². The van der Waals surface area contributed by atoms with E-state index in [1.54, 1.807) is 13.8 Å². The van der Waals surface area contributed by atoms with E-state index in [-0.39, 0.29) is 11.9 Å². The Hall–Kier alpha value is -2.14. The van der Waals surface area contributed by atoms with Crippen molar-refractivity contribution in [3.05, 3.63) is 47.5 Å². The third-order valence-corrected chi connectivity index (χ3v) is 4.58. The molecule has 0 N–H and O–H groups in total. The zero-order valence-electron chi connectivity index (χ0n) is 15.9. The lowest BCUT2D eigenvalue weighted by atomic mass is 9.79. The van der Waals surface area contributed by atoms with Gasteiger partial charge in [-0.15, -0.1) is 0 Å².